The summed E-state index contributed by atoms with van der Waals surface area (Å²) < 4.78 is 1.56. The van der Waals surface area contributed by atoms with Crippen LogP contribution in [0.3, 0.4) is 0 Å². The topological polar surface area (TPSA) is 85.1 Å². The van der Waals surface area contributed by atoms with Crippen LogP contribution < -0.4 is 5.43 Å². The van der Waals surface area contributed by atoms with Gasteiger partial charge in [0.05, 0.1) is 11.4 Å². The van der Waals surface area contributed by atoms with Crippen molar-refractivity contribution >= 4 is 39.9 Å². The Labute approximate surface area is 159 Å². The molecule has 2 aromatic carbocycles. The van der Waals surface area contributed by atoms with E-state index in [0.717, 1.165) is 23.0 Å². The van der Waals surface area contributed by atoms with Crippen LogP contribution >= 0.6 is 23.4 Å². The molecule has 0 atom stereocenters. The number of hydrogen-bond donors (Lipinski definition) is 1. The first-order valence-corrected chi connectivity index (χ1v) is 8.86. The van der Waals surface area contributed by atoms with Gasteiger partial charge in [-0.2, -0.15) is 9.78 Å². The number of thioether (sulfide) groups is 1. The zero-order valence-corrected chi connectivity index (χ0v) is 15.6. The van der Waals surface area contributed by atoms with E-state index < -0.39 is 0 Å². The monoisotopic (exact) mass is 386 g/mol. The smallest absolute Gasteiger partial charge is 0.220 e. The van der Waals surface area contributed by atoms with E-state index in [4.69, 9.17) is 11.6 Å². The van der Waals surface area contributed by atoms with Crippen molar-refractivity contribution in [3.63, 3.8) is 0 Å². The highest BCUT2D eigenvalue weighted by Gasteiger charge is 2.16. The maximum absolute atomic E-state index is 12.0. The second-order valence-corrected chi connectivity index (χ2v) is 6.80. The van der Waals surface area contributed by atoms with Crippen LogP contribution in [0.5, 0.6) is 0 Å². The van der Waals surface area contributed by atoms with Gasteiger partial charge in [-0.3, -0.25) is 10.2 Å². The summed E-state index contributed by atoms with van der Waals surface area (Å²) in [6.07, 6.45) is 0. The summed E-state index contributed by atoms with van der Waals surface area (Å²) in [6.45, 7) is 3.44. The summed E-state index contributed by atoms with van der Waals surface area (Å²) in [5.41, 5.74) is 5.44. The van der Waals surface area contributed by atoms with Crippen molar-refractivity contribution in [2.45, 2.75) is 19.0 Å². The number of hydrazone groups is 1. The minimum Gasteiger partial charge on any atom is -0.292 e. The highest BCUT2D eigenvalue weighted by molar-refractivity contribution is 8.15. The predicted molar refractivity (Wildman–Crippen MR) is 103 cm³/mol. The molecule has 0 aliphatic rings. The summed E-state index contributed by atoms with van der Waals surface area (Å²) in [5, 5.41) is 17.1. The summed E-state index contributed by atoms with van der Waals surface area (Å²) in [7, 11) is 0. The van der Waals surface area contributed by atoms with Crippen LogP contribution in [0.15, 0.2) is 58.8 Å². The molecule has 0 aliphatic carbocycles. The molecule has 0 unspecified atom stereocenters. The number of halogens is 1. The fraction of sp³-hybridized carbons (Fsp3) is 0.118. The van der Waals surface area contributed by atoms with Gasteiger partial charge < -0.3 is 0 Å². The molecule has 0 spiro atoms. The van der Waals surface area contributed by atoms with Gasteiger partial charge in [-0.1, -0.05) is 35.4 Å². The Kier molecular flexibility index (Phi) is 5.65. The van der Waals surface area contributed by atoms with Gasteiger partial charge in [0.15, 0.2) is 10.8 Å². The van der Waals surface area contributed by atoms with Gasteiger partial charge >= 0.3 is 0 Å². The van der Waals surface area contributed by atoms with Gasteiger partial charge in [-0.25, -0.2) is 0 Å². The molecule has 0 fully saturated rings. The van der Waals surface area contributed by atoms with Gasteiger partial charge in [0.1, 0.15) is 0 Å². The minimum absolute atomic E-state index is 0.206. The third-order valence-corrected chi connectivity index (χ3v) is 4.56. The number of nitrogens with zero attached hydrogens (tertiary/aromatic N) is 5. The number of hydrogen-bond acceptors (Lipinski definition) is 7. The molecule has 1 N–H and O–H groups in total. The number of rotatable bonds is 5. The number of carbonyl (C=O) groups is 1. The molecular weight excluding hydrogens is 372 g/mol. The maximum Gasteiger partial charge on any atom is 0.220 e. The van der Waals surface area contributed by atoms with Crippen molar-refractivity contribution in [1.82, 2.24) is 20.2 Å². The molecule has 1 heterocycles. The maximum atomic E-state index is 12.0. The summed E-state index contributed by atoms with van der Waals surface area (Å²) in [4.78, 5) is 12.0. The largest absolute Gasteiger partial charge is 0.292 e. The van der Waals surface area contributed by atoms with Crippen LogP contribution in [0.25, 0.3) is 5.69 Å². The van der Waals surface area contributed by atoms with Crippen molar-refractivity contribution in [1.29, 1.82) is 0 Å². The lowest BCUT2D eigenvalue weighted by atomic mass is 10.2. The molecule has 1 aromatic heterocycles. The van der Waals surface area contributed by atoms with Crippen molar-refractivity contribution in [3.05, 3.63) is 59.1 Å². The number of aryl methyl sites for hydroxylation is 1. The van der Waals surface area contributed by atoms with E-state index in [1.54, 1.807) is 28.9 Å². The Morgan fingerprint density at radius 1 is 1.23 bits per heavy atom. The molecule has 9 heteroatoms. The molecule has 0 saturated heterocycles. The van der Waals surface area contributed by atoms with Crippen LogP contribution in [-0.2, 0) is 4.79 Å². The van der Waals surface area contributed by atoms with Gasteiger partial charge in [0.25, 0.3) is 0 Å². The SMILES string of the molecule is CC(=O)/C(=N/Nc1cccc(Cl)c1)Sc1nnnn1-c1ccc(C)cc1. The zero-order valence-electron chi connectivity index (χ0n) is 14.0. The van der Waals surface area contributed by atoms with Gasteiger partial charge in [0, 0.05) is 11.9 Å². The first-order chi connectivity index (χ1) is 12.5. The molecule has 0 saturated carbocycles. The van der Waals surface area contributed by atoms with E-state index >= 15 is 0 Å². The Morgan fingerprint density at radius 3 is 2.69 bits per heavy atom. The Balaban J connectivity index is 1.83. The van der Waals surface area contributed by atoms with Crippen LogP contribution in [0.2, 0.25) is 5.02 Å². The number of anilines is 1. The second-order valence-electron chi connectivity index (χ2n) is 5.41. The molecule has 0 radical (unpaired) electrons. The number of benzene rings is 2. The first kappa shape index (κ1) is 18.1. The summed E-state index contributed by atoms with van der Waals surface area (Å²) >= 11 is 7.03. The number of aromatic nitrogens is 4. The fourth-order valence-electron chi connectivity index (χ4n) is 2.02. The molecule has 26 heavy (non-hydrogen) atoms. The van der Waals surface area contributed by atoms with E-state index in [9.17, 15) is 4.79 Å². The molecule has 3 aromatic rings. The number of tetrazole rings is 1. The normalized spacial score (nSPS) is 11.4. The van der Waals surface area contributed by atoms with E-state index in [2.05, 4.69) is 26.1 Å². The number of Topliss-reactive ketones (excluding diaryl/α,β-unsaturated/α-hetero) is 1. The van der Waals surface area contributed by atoms with Crippen molar-refractivity contribution in [2.75, 3.05) is 5.43 Å². The van der Waals surface area contributed by atoms with Gasteiger partial charge in [0.2, 0.25) is 5.16 Å². The van der Waals surface area contributed by atoms with Crippen LogP contribution in [0.4, 0.5) is 5.69 Å². The zero-order chi connectivity index (χ0) is 18.5. The highest BCUT2D eigenvalue weighted by Crippen LogP contribution is 2.21. The third-order valence-electron chi connectivity index (χ3n) is 3.32. The number of ketones is 1. The van der Waals surface area contributed by atoms with E-state index in [1.807, 2.05) is 31.2 Å². The van der Waals surface area contributed by atoms with Crippen LogP contribution in [0.1, 0.15) is 12.5 Å². The van der Waals surface area contributed by atoms with Crippen molar-refractivity contribution < 1.29 is 4.79 Å². The molecule has 0 amide bonds. The van der Waals surface area contributed by atoms with Crippen molar-refractivity contribution in [3.8, 4) is 5.69 Å². The first-order valence-electron chi connectivity index (χ1n) is 7.66. The lowest BCUT2D eigenvalue weighted by Crippen LogP contribution is -2.10. The molecule has 0 aliphatic heterocycles. The molecule has 7 nitrogen and oxygen atoms in total. The van der Waals surface area contributed by atoms with Crippen LogP contribution in [-0.4, -0.2) is 31.0 Å². The molecule has 132 valence electrons. The lowest BCUT2D eigenvalue weighted by molar-refractivity contribution is -0.110. The Hall–Kier alpha value is -2.71. The van der Waals surface area contributed by atoms with E-state index in [0.29, 0.717) is 15.9 Å². The van der Waals surface area contributed by atoms with Crippen molar-refractivity contribution in [2.24, 2.45) is 5.10 Å². The minimum atomic E-state index is -0.206. The molecule has 0 bridgehead atoms. The molecule has 3 rings (SSSR count). The Bertz CT molecular complexity index is 954. The van der Waals surface area contributed by atoms with Gasteiger partial charge in [-0.15, -0.1) is 5.10 Å². The third kappa shape index (κ3) is 4.47. The predicted octanol–water partition coefficient (Wildman–Crippen LogP) is 3.73. The quantitative estimate of drug-likeness (QED) is 0.311. The second kappa shape index (κ2) is 8.11. The number of nitrogens with one attached hydrogen (secondary N) is 1. The average molecular weight is 387 g/mol. The Morgan fingerprint density at radius 2 is 2.00 bits per heavy atom. The average Bonchev–Trinajstić information content (AvgIpc) is 3.07. The fourth-order valence-corrected chi connectivity index (χ4v) is 2.93. The van der Waals surface area contributed by atoms with E-state index in [-0.39, 0.29) is 10.8 Å². The lowest BCUT2D eigenvalue weighted by Gasteiger charge is -2.06. The van der Waals surface area contributed by atoms with Gasteiger partial charge in [-0.05, 0) is 59.4 Å². The summed E-state index contributed by atoms with van der Waals surface area (Å²) in [6, 6.07) is 14.8. The van der Waals surface area contributed by atoms with E-state index in [1.165, 1.54) is 6.92 Å². The molecular formula is C17H15ClN6OS. The number of carbonyl (C=O) groups excluding carboxylic acids is 1. The van der Waals surface area contributed by atoms with Crippen LogP contribution in [0, 0.1) is 6.92 Å². The standard InChI is InChI=1S/C17H15ClN6OS/c1-11-6-8-15(9-7-11)24-17(21-22-23-24)26-16(12(2)25)20-19-14-5-3-4-13(18)10-14/h3-10,19H,1-2H3/b20-16-. The highest BCUT2D eigenvalue weighted by atomic mass is 35.5. The summed E-state index contributed by atoms with van der Waals surface area (Å²) in [5.74, 6) is -0.206.